The molecular formula is C25H26N6O3. The molecule has 4 aromatic rings. The van der Waals surface area contributed by atoms with Crippen LogP contribution in [-0.4, -0.2) is 45.9 Å². The first-order valence-corrected chi connectivity index (χ1v) is 10.9. The van der Waals surface area contributed by atoms with Crippen LogP contribution in [-0.2, 0) is 11.2 Å². The maximum Gasteiger partial charge on any atom is 0.250 e. The highest BCUT2D eigenvalue weighted by molar-refractivity contribution is 6.01. The summed E-state index contributed by atoms with van der Waals surface area (Å²) >= 11 is 0. The van der Waals surface area contributed by atoms with Crippen molar-refractivity contribution in [2.75, 3.05) is 30.9 Å². The summed E-state index contributed by atoms with van der Waals surface area (Å²) in [4.78, 5) is 22.8. The second-order valence-electron chi connectivity index (χ2n) is 7.36. The first-order valence-electron chi connectivity index (χ1n) is 10.9. The summed E-state index contributed by atoms with van der Waals surface area (Å²) < 4.78 is 12.8. The minimum absolute atomic E-state index is 0.194. The van der Waals surface area contributed by atoms with Crippen LogP contribution in [0.1, 0.15) is 12.6 Å². The van der Waals surface area contributed by atoms with Crippen LogP contribution in [0.5, 0.6) is 11.5 Å². The molecule has 0 saturated carbocycles. The van der Waals surface area contributed by atoms with Crippen molar-refractivity contribution < 1.29 is 14.3 Å². The number of methoxy groups -OCH3 is 1. The maximum absolute atomic E-state index is 12.5. The van der Waals surface area contributed by atoms with Gasteiger partial charge in [-0.05, 0) is 37.3 Å². The second kappa shape index (κ2) is 10.0. The van der Waals surface area contributed by atoms with Gasteiger partial charge in [0, 0.05) is 24.7 Å². The number of hydrogen-bond donors (Lipinski definition) is 1. The third-order valence-corrected chi connectivity index (χ3v) is 5.33. The van der Waals surface area contributed by atoms with Crippen molar-refractivity contribution in [3.05, 3.63) is 73.2 Å². The second-order valence-corrected chi connectivity index (χ2v) is 7.36. The van der Waals surface area contributed by atoms with Crippen molar-refractivity contribution in [1.82, 2.24) is 19.7 Å². The van der Waals surface area contributed by atoms with E-state index in [9.17, 15) is 4.79 Å². The predicted molar refractivity (Wildman–Crippen MR) is 131 cm³/mol. The van der Waals surface area contributed by atoms with Crippen LogP contribution in [0, 0.1) is 0 Å². The number of nitrogen functional groups attached to an aromatic ring is 1. The zero-order valence-corrected chi connectivity index (χ0v) is 19.1. The molecule has 2 aromatic heterocycles. The van der Waals surface area contributed by atoms with Gasteiger partial charge >= 0.3 is 0 Å². The van der Waals surface area contributed by atoms with Crippen molar-refractivity contribution >= 4 is 28.4 Å². The lowest BCUT2D eigenvalue weighted by atomic mass is 10.2. The fourth-order valence-corrected chi connectivity index (χ4v) is 3.75. The first kappa shape index (κ1) is 22.8. The Bertz CT molecular complexity index is 1320. The van der Waals surface area contributed by atoms with Crippen molar-refractivity contribution in [1.29, 1.82) is 0 Å². The van der Waals surface area contributed by atoms with Gasteiger partial charge in [0.2, 0.25) is 5.91 Å². The average molecular weight is 459 g/mol. The van der Waals surface area contributed by atoms with E-state index < -0.39 is 0 Å². The first-order chi connectivity index (χ1) is 16.6. The van der Waals surface area contributed by atoms with Gasteiger partial charge in [0.05, 0.1) is 25.1 Å². The Labute approximate surface area is 197 Å². The van der Waals surface area contributed by atoms with Gasteiger partial charge < -0.3 is 20.1 Å². The van der Waals surface area contributed by atoms with Crippen molar-refractivity contribution in [3.63, 3.8) is 0 Å². The Balaban J connectivity index is 1.74. The van der Waals surface area contributed by atoms with Gasteiger partial charge in [-0.3, -0.25) is 4.79 Å². The zero-order valence-electron chi connectivity index (χ0n) is 19.1. The molecule has 2 heterocycles. The minimum Gasteiger partial charge on any atom is -0.493 e. The van der Waals surface area contributed by atoms with Gasteiger partial charge in [-0.2, -0.15) is 5.10 Å². The van der Waals surface area contributed by atoms with Gasteiger partial charge in [-0.15, -0.1) is 0 Å². The molecule has 9 heteroatoms. The van der Waals surface area contributed by atoms with E-state index in [2.05, 4.69) is 16.5 Å². The van der Waals surface area contributed by atoms with Crippen molar-refractivity contribution in [3.8, 4) is 17.2 Å². The molecular weight excluding hydrogens is 432 g/mol. The topological polar surface area (TPSA) is 108 Å². The normalized spacial score (nSPS) is 10.8. The highest BCUT2D eigenvalue weighted by Gasteiger charge is 2.20. The molecule has 0 fully saturated rings. The molecule has 1 amide bonds. The SMILES string of the molecule is C=CC(=O)N(CCc1nn(-c2ccc(OCC)c(OC)c2)c2c(N)ncnc12)c1ccccc1. The molecule has 2 N–H and O–H groups in total. The van der Waals surface area contributed by atoms with E-state index in [1.165, 1.54) is 12.4 Å². The molecule has 0 aliphatic carbocycles. The number of ether oxygens (including phenoxy) is 2. The molecule has 34 heavy (non-hydrogen) atoms. The molecule has 174 valence electrons. The zero-order chi connectivity index (χ0) is 24.1. The number of anilines is 2. The van der Waals surface area contributed by atoms with E-state index >= 15 is 0 Å². The number of hydrogen-bond acceptors (Lipinski definition) is 7. The van der Waals surface area contributed by atoms with Crippen LogP contribution in [0.2, 0.25) is 0 Å². The molecule has 4 rings (SSSR count). The Hall–Kier alpha value is -4.40. The average Bonchev–Trinajstić information content (AvgIpc) is 3.25. The van der Waals surface area contributed by atoms with E-state index in [1.54, 1.807) is 16.7 Å². The van der Waals surface area contributed by atoms with E-state index in [0.717, 1.165) is 11.4 Å². The lowest BCUT2D eigenvalue weighted by Gasteiger charge is -2.20. The van der Waals surface area contributed by atoms with Crippen LogP contribution in [0.25, 0.3) is 16.7 Å². The van der Waals surface area contributed by atoms with Crippen LogP contribution < -0.4 is 20.1 Å². The number of fused-ring (bicyclic) bond motifs is 1. The summed E-state index contributed by atoms with van der Waals surface area (Å²) in [6, 6.07) is 14.9. The molecule has 0 spiro atoms. The highest BCUT2D eigenvalue weighted by Crippen LogP contribution is 2.32. The lowest BCUT2D eigenvalue weighted by Crippen LogP contribution is -2.31. The van der Waals surface area contributed by atoms with Gasteiger partial charge in [-0.1, -0.05) is 24.8 Å². The number of carbonyl (C=O) groups excluding carboxylic acids is 1. The summed E-state index contributed by atoms with van der Waals surface area (Å²) in [6.45, 7) is 6.45. The van der Waals surface area contributed by atoms with Crippen LogP contribution in [0.4, 0.5) is 11.5 Å². The number of aromatic nitrogens is 4. The molecule has 0 unspecified atom stereocenters. The third kappa shape index (κ3) is 4.40. The van der Waals surface area contributed by atoms with Gasteiger partial charge in [0.25, 0.3) is 0 Å². The fourth-order valence-electron chi connectivity index (χ4n) is 3.75. The number of para-hydroxylation sites is 1. The highest BCUT2D eigenvalue weighted by atomic mass is 16.5. The molecule has 0 aliphatic rings. The quantitative estimate of drug-likeness (QED) is 0.382. The molecule has 0 saturated heterocycles. The number of rotatable bonds is 9. The van der Waals surface area contributed by atoms with E-state index in [-0.39, 0.29) is 5.91 Å². The Kier molecular flexibility index (Phi) is 6.72. The Morgan fingerprint density at radius 3 is 2.68 bits per heavy atom. The van der Waals surface area contributed by atoms with E-state index in [1.807, 2.05) is 55.5 Å². The standard InChI is InChI=1S/C25H26N6O3/c1-4-22(32)30(17-9-7-6-8-10-17)14-13-19-23-24(25(26)28-16-27-23)31(29-19)18-11-12-20(34-5-2)21(15-18)33-3/h4,6-12,15-16H,1,5,13-14H2,2-3H3,(H2,26,27,28). The van der Waals surface area contributed by atoms with Crippen LogP contribution >= 0.6 is 0 Å². The van der Waals surface area contributed by atoms with E-state index in [4.69, 9.17) is 20.3 Å². The fraction of sp³-hybridized carbons (Fsp3) is 0.200. The maximum atomic E-state index is 12.5. The monoisotopic (exact) mass is 458 g/mol. The molecule has 2 aromatic carbocycles. The molecule has 0 bridgehead atoms. The largest absolute Gasteiger partial charge is 0.493 e. The Morgan fingerprint density at radius 2 is 1.97 bits per heavy atom. The smallest absolute Gasteiger partial charge is 0.250 e. The summed E-state index contributed by atoms with van der Waals surface area (Å²) in [7, 11) is 1.58. The van der Waals surface area contributed by atoms with Gasteiger partial charge in [0.1, 0.15) is 17.4 Å². The number of benzene rings is 2. The number of amides is 1. The number of nitrogens with two attached hydrogens (primary N) is 1. The Morgan fingerprint density at radius 1 is 1.18 bits per heavy atom. The van der Waals surface area contributed by atoms with Crippen LogP contribution in [0.15, 0.2) is 67.5 Å². The van der Waals surface area contributed by atoms with Gasteiger partial charge in [-0.25, -0.2) is 14.6 Å². The van der Waals surface area contributed by atoms with Crippen LogP contribution in [0.3, 0.4) is 0 Å². The van der Waals surface area contributed by atoms with Gasteiger partial charge in [0.15, 0.2) is 17.3 Å². The minimum atomic E-state index is -0.194. The number of nitrogens with zero attached hydrogens (tertiary/aromatic N) is 5. The number of carbonyl (C=O) groups is 1. The molecule has 0 atom stereocenters. The summed E-state index contributed by atoms with van der Waals surface area (Å²) in [5.74, 6) is 1.32. The molecule has 9 nitrogen and oxygen atoms in total. The predicted octanol–water partition coefficient (Wildman–Crippen LogP) is 3.57. The summed E-state index contributed by atoms with van der Waals surface area (Å²) in [5.41, 5.74) is 9.63. The van der Waals surface area contributed by atoms with Crippen molar-refractivity contribution in [2.24, 2.45) is 0 Å². The van der Waals surface area contributed by atoms with E-state index in [0.29, 0.717) is 53.6 Å². The molecule has 0 radical (unpaired) electrons. The van der Waals surface area contributed by atoms with Crippen molar-refractivity contribution in [2.45, 2.75) is 13.3 Å². The third-order valence-electron chi connectivity index (χ3n) is 5.33. The summed E-state index contributed by atoms with van der Waals surface area (Å²) in [5, 5.41) is 4.80. The summed E-state index contributed by atoms with van der Waals surface area (Å²) in [6.07, 6.45) is 3.16. The lowest BCUT2D eigenvalue weighted by molar-refractivity contribution is -0.114. The molecule has 0 aliphatic heterocycles.